The molecule has 0 fully saturated rings. The van der Waals surface area contributed by atoms with Gasteiger partial charge in [-0.25, -0.2) is 9.59 Å². The largest absolute Gasteiger partial charge is 0.611 e. The van der Waals surface area contributed by atoms with Gasteiger partial charge in [-0.3, -0.25) is 4.98 Å². The van der Waals surface area contributed by atoms with Crippen LogP contribution in [0.5, 0.6) is 11.5 Å². The number of methoxy groups -OCH3 is 2. The first-order valence-corrected chi connectivity index (χ1v) is 10.2. The molecule has 2 aromatic rings. The summed E-state index contributed by atoms with van der Waals surface area (Å²) in [7, 11) is 2.35. The Kier molecular flexibility index (Phi) is 7.86. The summed E-state index contributed by atoms with van der Waals surface area (Å²) in [5.74, 6) is 0.532. The second-order valence-corrected chi connectivity index (χ2v) is 7.51. The third kappa shape index (κ3) is 5.18. The van der Waals surface area contributed by atoms with Gasteiger partial charge in [0.2, 0.25) is 0 Å². The third-order valence-corrected chi connectivity index (χ3v) is 5.57. The van der Waals surface area contributed by atoms with Gasteiger partial charge in [-0.15, -0.1) is 0 Å². The quantitative estimate of drug-likeness (QED) is 0.505. The summed E-state index contributed by atoms with van der Waals surface area (Å²) in [6.07, 6.45) is -1.21. The first kappa shape index (κ1) is 22.5. The molecule has 1 atom stereocenters. The van der Waals surface area contributed by atoms with E-state index in [4.69, 9.17) is 9.47 Å². The number of aromatic nitrogens is 1. The monoisotopic (exact) mass is 421 g/mol. The van der Waals surface area contributed by atoms with Gasteiger partial charge in [-0.05, 0) is 43.6 Å². The van der Waals surface area contributed by atoms with E-state index in [1.807, 2.05) is 6.92 Å². The smallest absolute Gasteiger partial charge is 0.513 e. The Morgan fingerprint density at radius 3 is 2.00 bits per heavy atom. The van der Waals surface area contributed by atoms with Crippen LogP contribution in [-0.2, 0) is 20.6 Å². The SMILES string of the molecule is CCC[S+]([O-])c1ccccc1-c1c(OC(=O)OC)c(C)nc(C)c1OC(=O)OC. The molecule has 0 N–H and O–H groups in total. The highest BCUT2D eigenvalue weighted by atomic mass is 32.2. The molecular weight excluding hydrogens is 398 g/mol. The average Bonchev–Trinajstić information content (AvgIpc) is 2.71. The molecule has 8 nitrogen and oxygen atoms in total. The van der Waals surface area contributed by atoms with Crippen LogP contribution in [0.1, 0.15) is 24.7 Å². The number of nitrogens with zero attached hydrogens (tertiary/aromatic N) is 1. The van der Waals surface area contributed by atoms with Crippen molar-refractivity contribution in [2.45, 2.75) is 32.1 Å². The van der Waals surface area contributed by atoms with Crippen molar-refractivity contribution in [1.29, 1.82) is 0 Å². The van der Waals surface area contributed by atoms with Crippen LogP contribution in [0.15, 0.2) is 29.2 Å². The molecular formula is C20H23NO7S. The lowest BCUT2D eigenvalue weighted by Gasteiger charge is -2.20. The predicted octanol–water partition coefficient (Wildman–Crippen LogP) is 4.17. The van der Waals surface area contributed by atoms with Crippen LogP contribution in [0.2, 0.25) is 0 Å². The number of ether oxygens (including phenoxy) is 4. The van der Waals surface area contributed by atoms with Crippen LogP contribution in [0, 0.1) is 13.8 Å². The summed E-state index contributed by atoms with van der Waals surface area (Å²) in [5.41, 5.74) is 1.50. The highest BCUT2D eigenvalue weighted by Gasteiger charge is 2.28. The first-order valence-electron chi connectivity index (χ1n) is 8.84. The van der Waals surface area contributed by atoms with Crippen LogP contribution in [-0.4, -0.2) is 41.8 Å². The van der Waals surface area contributed by atoms with Gasteiger partial charge in [0.05, 0.1) is 31.2 Å². The van der Waals surface area contributed by atoms with E-state index in [-0.39, 0.29) is 17.1 Å². The van der Waals surface area contributed by atoms with E-state index >= 15 is 0 Å². The summed E-state index contributed by atoms with van der Waals surface area (Å²) in [4.78, 5) is 28.5. The maximum absolute atomic E-state index is 12.8. The summed E-state index contributed by atoms with van der Waals surface area (Å²) in [6, 6.07) is 6.94. The summed E-state index contributed by atoms with van der Waals surface area (Å²) < 4.78 is 32.7. The lowest BCUT2D eigenvalue weighted by atomic mass is 10.0. The lowest BCUT2D eigenvalue weighted by Crippen LogP contribution is -2.15. The summed E-state index contributed by atoms with van der Waals surface area (Å²) >= 11 is -1.32. The van der Waals surface area contributed by atoms with Gasteiger partial charge >= 0.3 is 12.3 Å². The van der Waals surface area contributed by atoms with Gasteiger partial charge in [-0.2, -0.15) is 0 Å². The van der Waals surface area contributed by atoms with Gasteiger partial charge in [0.25, 0.3) is 0 Å². The number of carbonyl (C=O) groups is 2. The molecule has 1 heterocycles. The zero-order valence-corrected chi connectivity index (χ0v) is 17.8. The number of benzene rings is 1. The molecule has 0 aliphatic carbocycles. The predicted molar refractivity (Wildman–Crippen MR) is 107 cm³/mol. The number of pyridine rings is 1. The van der Waals surface area contributed by atoms with Crippen molar-refractivity contribution in [2.75, 3.05) is 20.0 Å². The second-order valence-electron chi connectivity index (χ2n) is 5.97. The molecule has 0 saturated carbocycles. The van der Waals surface area contributed by atoms with Crippen molar-refractivity contribution in [1.82, 2.24) is 4.98 Å². The number of hydrogen-bond acceptors (Lipinski definition) is 8. The summed E-state index contributed by atoms with van der Waals surface area (Å²) in [5, 5.41) is 0. The highest BCUT2D eigenvalue weighted by molar-refractivity contribution is 7.91. The Morgan fingerprint density at radius 1 is 1.00 bits per heavy atom. The van der Waals surface area contributed by atoms with Crippen LogP contribution in [0.25, 0.3) is 11.1 Å². The normalized spacial score (nSPS) is 11.5. The second kappa shape index (κ2) is 10.1. The molecule has 2 rings (SSSR count). The van der Waals surface area contributed by atoms with Gasteiger partial charge in [-0.1, -0.05) is 19.1 Å². The fourth-order valence-electron chi connectivity index (χ4n) is 2.73. The fraction of sp³-hybridized carbons (Fsp3) is 0.350. The highest BCUT2D eigenvalue weighted by Crippen LogP contribution is 2.44. The number of hydrogen-bond donors (Lipinski definition) is 0. The molecule has 0 spiro atoms. The van der Waals surface area contributed by atoms with Crippen molar-refractivity contribution in [3.63, 3.8) is 0 Å². The number of rotatable bonds is 6. The average molecular weight is 421 g/mol. The Balaban J connectivity index is 2.83. The van der Waals surface area contributed by atoms with Crippen LogP contribution in [0.3, 0.4) is 0 Å². The van der Waals surface area contributed by atoms with Crippen molar-refractivity contribution < 1.29 is 33.1 Å². The maximum atomic E-state index is 12.8. The van der Waals surface area contributed by atoms with Gasteiger partial charge in [0.1, 0.15) is 5.75 Å². The van der Waals surface area contributed by atoms with E-state index in [2.05, 4.69) is 14.5 Å². The molecule has 0 aliphatic heterocycles. The van der Waals surface area contributed by atoms with Crippen molar-refractivity contribution >= 4 is 23.5 Å². The summed E-state index contributed by atoms with van der Waals surface area (Å²) in [6.45, 7) is 5.21. The minimum atomic E-state index is -1.32. The maximum Gasteiger partial charge on any atom is 0.513 e. The van der Waals surface area contributed by atoms with E-state index in [0.29, 0.717) is 34.0 Å². The molecule has 29 heavy (non-hydrogen) atoms. The number of aryl methyl sites for hydroxylation is 2. The Morgan fingerprint density at radius 2 is 1.52 bits per heavy atom. The van der Waals surface area contributed by atoms with E-state index in [9.17, 15) is 14.1 Å². The van der Waals surface area contributed by atoms with Crippen molar-refractivity contribution in [2.24, 2.45) is 0 Å². The zero-order valence-electron chi connectivity index (χ0n) is 16.9. The Hall–Kier alpha value is -2.78. The van der Waals surface area contributed by atoms with E-state index in [1.165, 1.54) is 14.2 Å². The van der Waals surface area contributed by atoms with Crippen molar-refractivity contribution in [3.05, 3.63) is 35.7 Å². The third-order valence-electron chi connectivity index (χ3n) is 3.94. The van der Waals surface area contributed by atoms with E-state index in [0.717, 1.165) is 0 Å². The molecule has 0 bridgehead atoms. The van der Waals surface area contributed by atoms with Gasteiger partial charge in [0, 0.05) is 5.56 Å². The fourth-order valence-corrected chi connectivity index (χ4v) is 3.97. The van der Waals surface area contributed by atoms with Crippen molar-refractivity contribution in [3.8, 4) is 22.6 Å². The Bertz CT molecular complexity index is 858. The van der Waals surface area contributed by atoms with Crippen LogP contribution in [0.4, 0.5) is 9.59 Å². The van der Waals surface area contributed by atoms with Gasteiger partial charge < -0.3 is 23.5 Å². The van der Waals surface area contributed by atoms with E-state index < -0.39 is 23.5 Å². The topological polar surface area (TPSA) is 107 Å². The number of carbonyl (C=O) groups excluding carboxylic acids is 2. The Labute approximate surface area is 172 Å². The van der Waals surface area contributed by atoms with Crippen LogP contribution < -0.4 is 9.47 Å². The van der Waals surface area contributed by atoms with Crippen LogP contribution >= 0.6 is 0 Å². The molecule has 0 saturated heterocycles. The first-order chi connectivity index (χ1) is 13.8. The molecule has 0 aliphatic rings. The molecule has 1 unspecified atom stereocenters. The van der Waals surface area contributed by atoms with E-state index in [1.54, 1.807) is 38.1 Å². The standard InChI is InChI=1S/C20H23NO7S/c1-6-11-29(24)15-10-8-7-9-14(15)16-17(27-19(22)25-4)12(2)21-13(3)18(16)28-20(23)26-5/h7-10H,6,11H2,1-5H3. The molecule has 9 heteroatoms. The minimum absolute atomic E-state index is 0.0438. The molecule has 1 aromatic heterocycles. The molecule has 156 valence electrons. The lowest BCUT2D eigenvalue weighted by molar-refractivity contribution is 0.119. The zero-order chi connectivity index (χ0) is 21.6. The molecule has 0 radical (unpaired) electrons. The molecule has 1 aromatic carbocycles. The van der Waals surface area contributed by atoms with Gasteiger partial charge in [0.15, 0.2) is 16.4 Å². The minimum Gasteiger partial charge on any atom is -0.611 e. The molecule has 0 amide bonds.